The van der Waals surface area contributed by atoms with Crippen LogP contribution in [0.15, 0.2) is 12.2 Å². The summed E-state index contributed by atoms with van der Waals surface area (Å²) in [7, 11) is 0. The molecular weight excluding hydrogens is 144 g/mol. The van der Waals surface area contributed by atoms with E-state index in [1.165, 1.54) is 6.08 Å². The Morgan fingerprint density at radius 1 is 1.73 bits per heavy atom. The van der Waals surface area contributed by atoms with E-state index in [1.54, 1.807) is 6.08 Å². The molecule has 60 valence electrons. The van der Waals surface area contributed by atoms with Gasteiger partial charge in [-0.3, -0.25) is 9.59 Å². The smallest absolute Gasteiger partial charge is 0.314 e. The van der Waals surface area contributed by atoms with Crippen LogP contribution in [0.5, 0.6) is 0 Å². The number of carboxylic acids is 1. The van der Waals surface area contributed by atoms with Gasteiger partial charge in [-0.1, -0.05) is 13.0 Å². The summed E-state index contributed by atoms with van der Waals surface area (Å²) in [5.41, 5.74) is 0. The first-order chi connectivity index (χ1) is 5.11. The predicted molar refractivity (Wildman–Crippen MR) is 39.1 cm³/mol. The number of hydrogen-bond acceptors (Lipinski definition) is 2. The molecular formula is C8H10O3. The van der Waals surface area contributed by atoms with Gasteiger partial charge in [0.05, 0.1) is 0 Å². The second kappa shape index (κ2) is 2.86. The number of hydrogen-bond donors (Lipinski definition) is 1. The minimum absolute atomic E-state index is 0.203. The highest BCUT2D eigenvalue weighted by Gasteiger charge is 2.28. The summed E-state index contributed by atoms with van der Waals surface area (Å²) in [5.74, 6) is -1.90. The average molecular weight is 154 g/mol. The van der Waals surface area contributed by atoms with Gasteiger partial charge in [-0.05, 0) is 18.4 Å². The maximum atomic E-state index is 10.9. The number of rotatable bonds is 1. The Bertz CT molecular complexity index is 217. The minimum atomic E-state index is -1.01. The molecule has 0 bridgehead atoms. The first-order valence-corrected chi connectivity index (χ1v) is 3.56. The monoisotopic (exact) mass is 154 g/mol. The first kappa shape index (κ1) is 7.98. The van der Waals surface area contributed by atoms with E-state index < -0.39 is 11.9 Å². The van der Waals surface area contributed by atoms with Gasteiger partial charge < -0.3 is 5.11 Å². The van der Waals surface area contributed by atoms with Crippen LogP contribution >= 0.6 is 0 Å². The van der Waals surface area contributed by atoms with Crippen molar-refractivity contribution in [2.75, 3.05) is 0 Å². The van der Waals surface area contributed by atoms with Crippen LogP contribution in [-0.4, -0.2) is 16.9 Å². The van der Waals surface area contributed by atoms with Crippen molar-refractivity contribution in [3.05, 3.63) is 12.2 Å². The Labute approximate surface area is 64.7 Å². The van der Waals surface area contributed by atoms with E-state index in [0.29, 0.717) is 6.42 Å². The second-order valence-corrected chi connectivity index (χ2v) is 2.87. The second-order valence-electron chi connectivity index (χ2n) is 2.87. The lowest BCUT2D eigenvalue weighted by Crippen LogP contribution is -2.26. The molecule has 1 rings (SSSR count). The van der Waals surface area contributed by atoms with Crippen molar-refractivity contribution in [1.82, 2.24) is 0 Å². The Morgan fingerprint density at radius 3 is 2.82 bits per heavy atom. The summed E-state index contributed by atoms with van der Waals surface area (Å²) in [6.45, 7) is 1.90. The number of aliphatic carboxylic acids is 1. The topological polar surface area (TPSA) is 54.4 Å². The third-order valence-corrected chi connectivity index (χ3v) is 1.84. The molecule has 0 fully saturated rings. The van der Waals surface area contributed by atoms with Gasteiger partial charge >= 0.3 is 5.97 Å². The highest BCUT2D eigenvalue weighted by atomic mass is 16.4. The van der Waals surface area contributed by atoms with E-state index >= 15 is 0 Å². The van der Waals surface area contributed by atoms with Crippen molar-refractivity contribution in [2.24, 2.45) is 11.8 Å². The van der Waals surface area contributed by atoms with E-state index in [0.717, 1.165) is 0 Å². The Hall–Kier alpha value is -1.12. The molecule has 0 aromatic heterocycles. The van der Waals surface area contributed by atoms with Crippen molar-refractivity contribution in [3.63, 3.8) is 0 Å². The Morgan fingerprint density at radius 2 is 2.36 bits per heavy atom. The maximum Gasteiger partial charge on any atom is 0.314 e. The molecule has 0 radical (unpaired) electrons. The molecule has 3 nitrogen and oxygen atoms in total. The first-order valence-electron chi connectivity index (χ1n) is 3.56. The molecule has 0 aromatic carbocycles. The lowest BCUT2D eigenvalue weighted by molar-refractivity contribution is -0.145. The van der Waals surface area contributed by atoms with Crippen molar-refractivity contribution < 1.29 is 14.7 Å². The molecule has 3 heteroatoms. The van der Waals surface area contributed by atoms with Crippen LogP contribution in [0.4, 0.5) is 0 Å². The van der Waals surface area contributed by atoms with E-state index in [2.05, 4.69) is 0 Å². The van der Waals surface area contributed by atoms with E-state index in [9.17, 15) is 9.59 Å². The molecule has 11 heavy (non-hydrogen) atoms. The van der Waals surface area contributed by atoms with Crippen LogP contribution in [0.25, 0.3) is 0 Å². The number of carboxylic acid groups (broad SMARTS) is 1. The van der Waals surface area contributed by atoms with Crippen LogP contribution in [0, 0.1) is 11.8 Å². The zero-order valence-corrected chi connectivity index (χ0v) is 6.28. The summed E-state index contributed by atoms with van der Waals surface area (Å²) in [6, 6.07) is 0. The van der Waals surface area contributed by atoms with Crippen LogP contribution in [0.3, 0.4) is 0 Å². The molecule has 0 saturated carbocycles. The molecule has 1 N–H and O–H groups in total. The highest BCUT2D eigenvalue weighted by Crippen LogP contribution is 2.20. The summed E-state index contributed by atoms with van der Waals surface area (Å²) >= 11 is 0. The summed E-state index contributed by atoms with van der Waals surface area (Å²) in [6.07, 6.45) is 3.55. The van der Waals surface area contributed by atoms with Gasteiger partial charge in [-0.2, -0.15) is 0 Å². The number of carbonyl (C=O) groups excluding carboxylic acids is 1. The normalized spacial score (nSPS) is 30.5. The Kier molecular flexibility index (Phi) is 2.08. The fourth-order valence-corrected chi connectivity index (χ4v) is 1.16. The maximum absolute atomic E-state index is 10.9. The molecule has 2 atom stereocenters. The standard InChI is InChI=1S/C8H10O3/c1-5-2-3-7(9)6(4-5)8(10)11/h2-3,5-6H,4H2,1H3,(H,10,11). The van der Waals surface area contributed by atoms with Crippen molar-refractivity contribution in [2.45, 2.75) is 13.3 Å². The molecule has 0 amide bonds. The van der Waals surface area contributed by atoms with E-state index in [4.69, 9.17) is 5.11 Å². The average Bonchev–Trinajstić information content (AvgIpc) is 1.94. The summed E-state index contributed by atoms with van der Waals surface area (Å²) in [5, 5.41) is 8.57. The molecule has 0 spiro atoms. The molecule has 1 aliphatic rings. The molecule has 2 unspecified atom stereocenters. The third kappa shape index (κ3) is 1.67. The molecule has 0 aliphatic heterocycles. The van der Waals surface area contributed by atoms with Crippen molar-refractivity contribution in [3.8, 4) is 0 Å². The van der Waals surface area contributed by atoms with Crippen molar-refractivity contribution in [1.29, 1.82) is 0 Å². The molecule has 0 aromatic rings. The SMILES string of the molecule is CC1C=CC(=O)C(C(=O)O)C1. The number of carbonyl (C=O) groups is 2. The summed E-state index contributed by atoms with van der Waals surface area (Å²) in [4.78, 5) is 21.4. The predicted octanol–water partition coefficient (Wildman–Crippen LogP) is 0.852. The lowest BCUT2D eigenvalue weighted by Gasteiger charge is -2.16. The fourth-order valence-electron chi connectivity index (χ4n) is 1.16. The molecule has 0 heterocycles. The third-order valence-electron chi connectivity index (χ3n) is 1.84. The zero-order valence-electron chi connectivity index (χ0n) is 6.28. The molecule has 0 saturated heterocycles. The van der Waals surface area contributed by atoms with Crippen LogP contribution in [0.1, 0.15) is 13.3 Å². The van der Waals surface area contributed by atoms with E-state index in [-0.39, 0.29) is 11.7 Å². The van der Waals surface area contributed by atoms with Gasteiger partial charge in [0, 0.05) is 0 Å². The van der Waals surface area contributed by atoms with Crippen molar-refractivity contribution >= 4 is 11.8 Å². The quantitative estimate of drug-likeness (QED) is 0.570. The van der Waals surface area contributed by atoms with Gasteiger partial charge in [-0.25, -0.2) is 0 Å². The number of allylic oxidation sites excluding steroid dienone is 2. The molecule has 1 aliphatic carbocycles. The Balaban J connectivity index is 2.76. The van der Waals surface area contributed by atoms with Gasteiger partial charge in [0.1, 0.15) is 5.92 Å². The van der Waals surface area contributed by atoms with Gasteiger partial charge in [0.2, 0.25) is 0 Å². The fraction of sp³-hybridized carbons (Fsp3) is 0.500. The van der Waals surface area contributed by atoms with Crippen LogP contribution in [-0.2, 0) is 9.59 Å². The van der Waals surface area contributed by atoms with E-state index in [1.807, 2.05) is 6.92 Å². The largest absolute Gasteiger partial charge is 0.481 e. The van der Waals surface area contributed by atoms with Gasteiger partial charge in [0.25, 0.3) is 0 Å². The van der Waals surface area contributed by atoms with Crippen LogP contribution in [0.2, 0.25) is 0 Å². The minimum Gasteiger partial charge on any atom is -0.481 e. The van der Waals surface area contributed by atoms with Gasteiger partial charge in [-0.15, -0.1) is 0 Å². The zero-order chi connectivity index (χ0) is 8.43. The summed E-state index contributed by atoms with van der Waals surface area (Å²) < 4.78 is 0. The van der Waals surface area contributed by atoms with Crippen LogP contribution < -0.4 is 0 Å². The lowest BCUT2D eigenvalue weighted by atomic mass is 9.87. The number of ketones is 1. The highest BCUT2D eigenvalue weighted by molar-refractivity contribution is 6.05. The van der Waals surface area contributed by atoms with Gasteiger partial charge in [0.15, 0.2) is 5.78 Å².